The van der Waals surface area contributed by atoms with Gasteiger partial charge < -0.3 is 4.74 Å². The number of carbonyl (C=O) groups is 1. The number of halogens is 2. The maximum absolute atomic E-state index is 12.8. The van der Waals surface area contributed by atoms with E-state index >= 15 is 0 Å². The molecule has 0 spiro atoms. The first-order valence-electron chi connectivity index (χ1n) is 4.66. The highest BCUT2D eigenvalue weighted by molar-refractivity contribution is 5.72. The maximum atomic E-state index is 12.8. The third-order valence-electron chi connectivity index (χ3n) is 2.11. The molecule has 0 aromatic heterocycles. The van der Waals surface area contributed by atoms with Gasteiger partial charge in [-0.3, -0.25) is 4.79 Å². The van der Waals surface area contributed by atoms with Gasteiger partial charge in [0.15, 0.2) is 6.29 Å². The molecule has 0 heterocycles. The lowest BCUT2D eigenvalue weighted by molar-refractivity contribution is -0.123. The monoisotopic (exact) mass is 226 g/mol. The summed E-state index contributed by atoms with van der Waals surface area (Å²) >= 11 is 0. The van der Waals surface area contributed by atoms with Crippen molar-refractivity contribution in [1.82, 2.24) is 0 Å². The van der Waals surface area contributed by atoms with Crippen molar-refractivity contribution in [3.8, 4) is 5.75 Å². The van der Waals surface area contributed by atoms with Crippen LogP contribution >= 0.6 is 0 Å². The molecular weight excluding hydrogens is 214 g/mol. The van der Waals surface area contributed by atoms with E-state index in [9.17, 15) is 13.6 Å². The van der Waals surface area contributed by atoms with Gasteiger partial charge in [0, 0.05) is 0 Å². The van der Waals surface area contributed by atoms with Gasteiger partial charge in [-0.05, 0) is 36.3 Å². The number of hydrogen-bond acceptors (Lipinski definition) is 2. The normalized spacial score (nSPS) is 12.4. The van der Waals surface area contributed by atoms with Gasteiger partial charge in [-0.1, -0.05) is 12.1 Å². The maximum Gasteiger partial charge on any atom is 0.321 e. The minimum absolute atomic E-state index is 0.347. The van der Waals surface area contributed by atoms with Crippen LogP contribution in [0.1, 0.15) is 12.5 Å². The Balaban J connectivity index is 2.96. The Kier molecular flexibility index (Phi) is 3.77. The number of carbonyl (C=O) groups excluding carboxylic acids is 1. The summed E-state index contributed by atoms with van der Waals surface area (Å²) in [6.45, 7) is 1.53. The van der Waals surface area contributed by atoms with Gasteiger partial charge in [-0.15, -0.1) is 0 Å². The number of ether oxygens (including phenoxy) is 1. The summed E-state index contributed by atoms with van der Waals surface area (Å²) in [5.74, 6) is -2.76. The van der Waals surface area contributed by atoms with Gasteiger partial charge in [0.1, 0.15) is 5.75 Å². The van der Waals surface area contributed by atoms with E-state index in [1.807, 2.05) is 0 Å². The number of methoxy groups -OCH3 is 1. The molecule has 0 aliphatic heterocycles. The highest BCUT2D eigenvalue weighted by Crippen LogP contribution is 2.22. The fourth-order valence-corrected chi connectivity index (χ4v) is 1.26. The molecule has 0 atom stereocenters. The average molecular weight is 226 g/mol. The second kappa shape index (κ2) is 4.88. The van der Waals surface area contributed by atoms with Crippen LogP contribution < -0.4 is 4.74 Å². The first-order chi connectivity index (χ1) is 7.48. The molecule has 0 aliphatic rings. The summed E-state index contributed by atoms with van der Waals surface area (Å²) in [4.78, 5) is 10.1. The summed E-state index contributed by atoms with van der Waals surface area (Å²) in [6.07, 6.45) is 0.266. The van der Waals surface area contributed by atoms with E-state index in [4.69, 9.17) is 4.74 Å². The van der Waals surface area contributed by atoms with Gasteiger partial charge >= 0.3 is 5.92 Å². The van der Waals surface area contributed by atoms with Crippen molar-refractivity contribution in [2.45, 2.75) is 12.8 Å². The molecule has 0 N–H and O–H groups in total. The molecule has 4 heteroatoms. The SMILES string of the molecule is COc1ccc(/C(C)=C/C(F)(F)C=O)cc1. The molecule has 86 valence electrons. The Morgan fingerprint density at radius 3 is 2.31 bits per heavy atom. The smallest absolute Gasteiger partial charge is 0.321 e. The minimum Gasteiger partial charge on any atom is -0.497 e. The van der Waals surface area contributed by atoms with Gasteiger partial charge in [-0.2, -0.15) is 8.78 Å². The fourth-order valence-electron chi connectivity index (χ4n) is 1.26. The number of hydrogen-bond donors (Lipinski definition) is 0. The zero-order chi connectivity index (χ0) is 12.2. The zero-order valence-corrected chi connectivity index (χ0v) is 9.04. The first-order valence-corrected chi connectivity index (χ1v) is 4.66. The van der Waals surface area contributed by atoms with Crippen LogP contribution in [0.15, 0.2) is 30.3 Å². The molecule has 1 rings (SSSR count). The summed E-state index contributed by atoms with van der Waals surface area (Å²) in [5, 5.41) is 0. The van der Waals surface area contributed by atoms with E-state index < -0.39 is 5.92 Å². The number of allylic oxidation sites excluding steroid dienone is 2. The number of aldehydes is 1. The predicted molar refractivity (Wildman–Crippen MR) is 57.7 cm³/mol. The second-order valence-electron chi connectivity index (χ2n) is 3.35. The summed E-state index contributed by atoms with van der Waals surface area (Å²) < 4.78 is 30.5. The van der Waals surface area contributed by atoms with E-state index in [1.54, 1.807) is 24.3 Å². The van der Waals surface area contributed by atoms with Crippen LogP contribution in [0.5, 0.6) is 5.75 Å². The van der Waals surface area contributed by atoms with Crippen LogP contribution in [-0.2, 0) is 4.79 Å². The van der Waals surface area contributed by atoms with Crippen molar-refractivity contribution in [1.29, 1.82) is 0 Å². The minimum atomic E-state index is -3.41. The van der Waals surface area contributed by atoms with Crippen molar-refractivity contribution < 1.29 is 18.3 Å². The third kappa shape index (κ3) is 3.15. The van der Waals surface area contributed by atoms with Crippen molar-refractivity contribution in [3.05, 3.63) is 35.9 Å². The molecule has 1 aromatic carbocycles. The molecule has 0 fully saturated rings. The van der Waals surface area contributed by atoms with Gasteiger partial charge in [-0.25, -0.2) is 0 Å². The molecule has 0 bridgehead atoms. The standard InChI is InChI=1S/C12H12F2O2/c1-9(7-12(13,14)8-15)10-3-5-11(16-2)6-4-10/h3-8H,1-2H3/b9-7+. The van der Waals surface area contributed by atoms with E-state index in [0.29, 0.717) is 23.0 Å². The first kappa shape index (κ1) is 12.4. The fraction of sp³-hybridized carbons (Fsp3) is 0.250. The molecule has 16 heavy (non-hydrogen) atoms. The molecule has 0 aliphatic carbocycles. The average Bonchev–Trinajstić information content (AvgIpc) is 2.28. The number of rotatable bonds is 4. The van der Waals surface area contributed by atoms with Crippen LogP contribution in [0.25, 0.3) is 5.57 Å². The molecule has 2 nitrogen and oxygen atoms in total. The molecule has 0 saturated carbocycles. The van der Waals surface area contributed by atoms with Crippen LogP contribution in [0, 0.1) is 0 Å². The highest BCUT2D eigenvalue weighted by atomic mass is 19.3. The second-order valence-corrected chi connectivity index (χ2v) is 3.35. The molecule has 0 saturated heterocycles. The Hall–Kier alpha value is -1.71. The largest absolute Gasteiger partial charge is 0.497 e. The van der Waals surface area contributed by atoms with Gasteiger partial charge in [0.2, 0.25) is 0 Å². The lowest BCUT2D eigenvalue weighted by Crippen LogP contribution is -2.13. The van der Waals surface area contributed by atoms with Crippen molar-refractivity contribution in [2.24, 2.45) is 0 Å². The molecule has 0 radical (unpaired) electrons. The summed E-state index contributed by atoms with van der Waals surface area (Å²) in [6, 6.07) is 6.66. The Morgan fingerprint density at radius 1 is 1.31 bits per heavy atom. The molecular formula is C12H12F2O2. The van der Waals surface area contributed by atoms with Crippen molar-refractivity contribution in [2.75, 3.05) is 7.11 Å². The van der Waals surface area contributed by atoms with Crippen LogP contribution in [-0.4, -0.2) is 19.3 Å². The van der Waals surface area contributed by atoms with Crippen LogP contribution in [0.4, 0.5) is 8.78 Å². The van der Waals surface area contributed by atoms with E-state index in [2.05, 4.69) is 0 Å². The van der Waals surface area contributed by atoms with Crippen LogP contribution in [0.2, 0.25) is 0 Å². The van der Waals surface area contributed by atoms with Crippen LogP contribution in [0.3, 0.4) is 0 Å². The highest BCUT2D eigenvalue weighted by Gasteiger charge is 2.24. The lowest BCUT2D eigenvalue weighted by atomic mass is 10.1. The Bertz CT molecular complexity index is 394. The van der Waals surface area contributed by atoms with E-state index in [-0.39, 0.29) is 6.29 Å². The zero-order valence-electron chi connectivity index (χ0n) is 9.04. The molecule has 0 amide bonds. The van der Waals surface area contributed by atoms with Crippen molar-refractivity contribution >= 4 is 11.9 Å². The lowest BCUT2D eigenvalue weighted by Gasteiger charge is -2.07. The summed E-state index contributed by atoms with van der Waals surface area (Å²) in [5.41, 5.74) is 0.974. The topological polar surface area (TPSA) is 26.3 Å². The van der Waals surface area contributed by atoms with E-state index in [0.717, 1.165) is 0 Å². The quantitative estimate of drug-likeness (QED) is 0.738. The van der Waals surface area contributed by atoms with Gasteiger partial charge in [0.05, 0.1) is 7.11 Å². The molecule has 0 unspecified atom stereocenters. The third-order valence-corrected chi connectivity index (χ3v) is 2.11. The number of benzene rings is 1. The number of alkyl halides is 2. The predicted octanol–water partition coefficient (Wildman–Crippen LogP) is 2.93. The van der Waals surface area contributed by atoms with Gasteiger partial charge in [0.25, 0.3) is 0 Å². The van der Waals surface area contributed by atoms with E-state index in [1.165, 1.54) is 14.0 Å². The summed E-state index contributed by atoms with van der Waals surface area (Å²) in [7, 11) is 1.53. The molecule has 1 aromatic rings. The Labute approximate surface area is 92.5 Å². The Morgan fingerprint density at radius 2 is 1.88 bits per heavy atom. The van der Waals surface area contributed by atoms with Crippen molar-refractivity contribution in [3.63, 3.8) is 0 Å².